The van der Waals surface area contributed by atoms with Gasteiger partial charge in [0.1, 0.15) is 11.5 Å². The van der Waals surface area contributed by atoms with E-state index in [4.69, 9.17) is 9.72 Å². The van der Waals surface area contributed by atoms with Crippen molar-refractivity contribution in [2.75, 3.05) is 30.5 Å². The maximum Gasteiger partial charge on any atom is 0.301 e. The molecule has 0 radical (unpaired) electrons. The number of aliphatic hydroxyl groups excluding tert-OH is 1. The Kier molecular flexibility index (Phi) is 7.39. The third-order valence-electron chi connectivity index (χ3n) is 6.78. The number of benzene rings is 3. The van der Waals surface area contributed by atoms with E-state index < -0.39 is 17.7 Å². The molecule has 1 fully saturated rings. The number of aliphatic hydroxyl groups is 1. The van der Waals surface area contributed by atoms with Crippen LogP contribution >= 0.6 is 11.3 Å². The first kappa shape index (κ1) is 26.4. The molecule has 1 unspecified atom stereocenters. The number of hydrogen-bond acceptors (Lipinski definition) is 7. The minimum atomic E-state index is -0.840. The van der Waals surface area contributed by atoms with E-state index in [2.05, 4.69) is 6.92 Å². The molecule has 39 heavy (non-hydrogen) atoms. The van der Waals surface area contributed by atoms with Gasteiger partial charge in [-0.2, -0.15) is 0 Å². The summed E-state index contributed by atoms with van der Waals surface area (Å²) >= 11 is 1.35. The lowest BCUT2D eigenvalue weighted by Gasteiger charge is -2.23. The molecule has 0 aliphatic carbocycles. The Morgan fingerprint density at radius 1 is 1.08 bits per heavy atom. The van der Waals surface area contributed by atoms with Crippen molar-refractivity contribution in [3.63, 3.8) is 0 Å². The predicted octanol–water partition coefficient (Wildman–Crippen LogP) is 6.48. The molecule has 7 nitrogen and oxygen atoms in total. The fourth-order valence-corrected chi connectivity index (χ4v) is 5.74. The number of nitrogens with zero attached hydrogens (tertiary/aromatic N) is 3. The highest BCUT2D eigenvalue weighted by atomic mass is 32.1. The summed E-state index contributed by atoms with van der Waals surface area (Å²) in [4.78, 5) is 35.2. The number of ketones is 1. The van der Waals surface area contributed by atoms with Crippen LogP contribution in [0, 0.1) is 6.92 Å². The van der Waals surface area contributed by atoms with Gasteiger partial charge >= 0.3 is 5.91 Å². The summed E-state index contributed by atoms with van der Waals surface area (Å²) in [6.07, 6.45) is 1.91. The maximum absolute atomic E-state index is 13.6. The molecule has 1 aliphatic heterocycles. The summed E-state index contributed by atoms with van der Waals surface area (Å²) in [5.74, 6) is -1.11. The number of aromatic nitrogens is 1. The minimum absolute atomic E-state index is 0.0266. The lowest BCUT2D eigenvalue weighted by molar-refractivity contribution is -0.132. The van der Waals surface area contributed by atoms with Crippen LogP contribution < -0.4 is 14.5 Å². The number of carbonyl (C=O) groups is 2. The smallest absolute Gasteiger partial charge is 0.301 e. The van der Waals surface area contributed by atoms with E-state index in [1.807, 2.05) is 74.4 Å². The zero-order chi connectivity index (χ0) is 27.7. The predicted molar refractivity (Wildman–Crippen MR) is 157 cm³/mol. The first-order chi connectivity index (χ1) is 18.8. The molecule has 0 bridgehead atoms. The van der Waals surface area contributed by atoms with Gasteiger partial charge in [-0.05, 0) is 60.9 Å². The monoisotopic (exact) mass is 541 g/mol. The normalized spacial score (nSPS) is 16.7. The second-order valence-electron chi connectivity index (χ2n) is 9.85. The second kappa shape index (κ2) is 10.9. The summed E-state index contributed by atoms with van der Waals surface area (Å²) in [5, 5.41) is 11.9. The molecule has 4 aromatic rings. The lowest BCUT2D eigenvalue weighted by atomic mass is 9.95. The fourth-order valence-electron chi connectivity index (χ4n) is 4.65. The molecule has 3 aromatic carbocycles. The van der Waals surface area contributed by atoms with Crippen LogP contribution in [0.1, 0.15) is 42.5 Å². The third-order valence-corrected chi connectivity index (χ3v) is 7.80. The first-order valence-corrected chi connectivity index (χ1v) is 13.8. The summed E-state index contributed by atoms with van der Waals surface area (Å²) in [7, 11) is 3.89. The molecule has 0 spiro atoms. The number of thiazole rings is 1. The second-order valence-corrected chi connectivity index (χ2v) is 10.9. The van der Waals surface area contributed by atoms with E-state index in [-0.39, 0.29) is 11.3 Å². The summed E-state index contributed by atoms with van der Waals surface area (Å²) in [6, 6.07) is 19.7. The van der Waals surface area contributed by atoms with Crippen LogP contribution in [0.15, 0.2) is 72.3 Å². The number of hydrogen-bond donors (Lipinski definition) is 1. The number of ether oxygens (including phenoxy) is 1. The number of aryl methyl sites for hydroxylation is 1. The van der Waals surface area contributed by atoms with Gasteiger partial charge in [-0.3, -0.25) is 14.5 Å². The van der Waals surface area contributed by atoms with Gasteiger partial charge in [-0.15, -0.1) is 0 Å². The van der Waals surface area contributed by atoms with Gasteiger partial charge in [0.25, 0.3) is 5.78 Å². The summed E-state index contributed by atoms with van der Waals surface area (Å²) in [6.45, 7) is 4.64. The number of fused-ring (bicyclic) bond motifs is 1. The molecule has 1 aliphatic rings. The average molecular weight is 542 g/mol. The topological polar surface area (TPSA) is 83.0 Å². The SMILES string of the molecule is CCCCOc1cccc(/C(O)=C2\C(=O)C(=O)N(c3nc4ccc(C)cc4s3)C2c2ccc(N(C)C)cc2)c1. The van der Waals surface area contributed by atoms with Crippen LogP contribution in [0.5, 0.6) is 5.75 Å². The molecule has 2 heterocycles. The number of rotatable bonds is 8. The Bertz CT molecular complexity index is 1570. The number of Topliss-reactive ketones (excluding diaryl/α,β-unsaturated/α-hetero) is 1. The molecule has 200 valence electrons. The molecule has 1 aromatic heterocycles. The van der Waals surface area contributed by atoms with E-state index in [1.54, 1.807) is 18.2 Å². The van der Waals surface area contributed by atoms with Crippen molar-refractivity contribution < 1.29 is 19.4 Å². The molecule has 1 saturated heterocycles. The third kappa shape index (κ3) is 5.12. The highest BCUT2D eigenvalue weighted by Crippen LogP contribution is 2.44. The average Bonchev–Trinajstić information content (AvgIpc) is 3.46. The number of amides is 1. The Balaban J connectivity index is 1.65. The first-order valence-electron chi connectivity index (χ1n) is 13.0. The van der Waals surface area contributed by atoms with E-state index in [0.717, 1.165) is 34.3 Å². The van der Waals surface area contributed by atoms with Crippen molar-refractivity contribution in [1.82, 2.24) is 4.98 Å². The summed E-state index contributed by atoms with van der Waals surface area (Å²) < 4.78 is 6.74. The van der Waals surface area contributed by atoms with Crippen LogP contribution in [0.3, 0.4) is 0 Å². The summed E-state index contributed by atoms with van der Waals surface area (Å²) in [5.41, 5.74) is 3.95. The van der Waals surface area contributed by atoms with E-state index in [1.165, 1.54) is 16.2 Å². The Labute approximate surface area is 232 Å². The van der Waals surface area contributed by atoms with E-state index >= 15 is 0 Å². The Morgan fingerprint density at radius 2 is 1.85 bits per heavy atom. The molecule has 1 atom stereocenters. The van der Waals surface area contributed by atoms with Gasteiger partial charge in [0.15, 0.2) is 5.13 Å². The van der Waals surface area contributed by atoms with Gasteiger partial charge in [0.05, 0.1) is 28.4 Å². The number of unbranched alkanes of at least 4 members (excludes halogenated alkanes) is 1. The van der Waals surface area contributed by atoms with Crippen molar-refractivity contribution in [2.24, 2.45) is 0 Å². The van der Waals surface area contributed by atoms with Crippen molar-refractivity contribution in [2.45, 2.75) is 32.7 Å². The lowest BCUT2D eigenvalue weighted by Crippen LogP contribution is -2.29. The van der Waals surface area contributed by atoms with Gasteiger partial charge in [-0.1, -0.05) is 55.0 Å². The fraction of sp³-hybridized carbons (Fsp3) is 0.258. The van der Waals surface area contributed by atoms with Gasteiger partial charge in [-0.25, -0.2) is 4.98 Å². The molecular weight excluding hydrogens is 510 g/mol. The minimum Gasteiger partial charge on any atom is -0.507 e. The van der Waals surface area contributed by atoms with Gasteiger partial charge < -0.3 is 14.7 Å². The highest BCUT2D eigenvalue weighted by Gasteiger charge is 2.48. The maximum atomic E-state index is 13.6. The van der Waals surface area contributed by atoms with Crippen LogP contribution in [-0.4, -0.2) is 42.5 Å². The quantitative estimate of drug-likeness (QED) is 0.119. The number of anilines is 2. The zero-order valence-electron chi connectivity index (χ0n) is 22.5. The van der Waals surface area contributed by atoms with Crippen molar-refractivity contribution >= 4 is 49.8 Å². The van der Waals surface area contributed by atoms with Crippen LogP contribution in [0.25, 0.3) is 16.0 Å². The Morgan fingerprint density at radius 3 is 2.56 bits per heavy atom. The Hall–Kier alpha value is -4.17. The van der Waals surface area contributed by atoms with Gasteiger partial charge in [0.2, 0.25) is 0 Å². The molecule has 1 N–H and O–H groups in total. The molecular formula is C31H31N3O4S. The van der Waals surface area contributed by atoms with Crippen molar-refractivity contribution in [1.29, 1.82) is 0 Å². The van der Waals surface area contributed by atoms with Crippen molar-refractivity contribution in [3.8, 4) is 5.75 Å². The molecule has 1 amide bonds. The van der Waals surface area contributed by atoms with E-state index in [0.29, 0.717) is 28.6 Å². The van der Waals surface area contributed by atoms with Crippen LogP contribution in [-0.2, 0) is 9.59 Å². The molecule has 0 saturated carbocycles. The largest absolute Gasteiger partial charge is 0.507 e. The number of carbonyl (C=O) groups excluding carboxylic acids is 2. The zero-order valence-corrected chi connectivity index (χ0v) is 23.3. The van der Waals surface area contributed by atoms with Crippen LogP contribution in [0.2, 0.25) is 0 Å². The molecule has 5 rings (SSSR count). The van der Waals surface area contributed by atoms with E-state index in [9.17, 15) is 14.7 Å². The highest BCUT2D eigenvalue weighted by molar-refractivity contribution is 7.22. The standard InChI is InChI=1S/C31H31N3O4S/c1-5-6-16-38-23-9-7-8-21(18-23)28(35)26-27(20-11-13-22(14-12-20)33(3)4)34(30(37)29(26)36)31-32-24-15-10-19(2)17-25(24)39-31/h7-15,17-18,27,35H,5-6,16H2,1-4H3/b28-26+. The van der Waals surface area contributed by atoms with Crippen molar-refractivity contribution in [3.05, 3.63) is 89.0 Å². The van der Waals surface area contributed by atoms with Gasteiger partial charge in [0, 0.05) is 25.3 Å². The molecule has 8 heteroatoms. The van der Waals surface area contributed by atoms with Crippen LogP contribution in [0.4, 0.5) is 10.8 Å².